The molecule has 1 rings (SSSR count). The Labute approximate surface area is 113 Å². The molecule has 0 spiro atoms. The average molecular weight is 267 g/mol. The summed E-state index contributed by atoms with van der Waals surface area (Å²) < 4.78 is 5.89. The maximum absolute atomic E-state index is 10.1. The summed E-state index contributed by atoms with van der Waals surface area (Å²) in [6.07, 6.45) is 0. The number of aryl methyl sites for hydroxylation is 1. The van der Waals surface area contributed by atoms with E-state index in [0.29, 0.717) is 5.75 Å². The molecule has 0 aliphatic rings. The summed E-state index contributed by atoms with van der Waals surface area (Å²) >= 11 is 3.33. The van der Waals surface area contributed by atoms with Crippen LogP contribution in [0, 0.1) is 6.92 Å². The number of carboxylic acids is 1. The summed E-state index contributed by atoms with van der Waals surface area (Å²) in [5.74, 6) is -0.689. The number of carbonyl (C=O) groups excluding carboxylic acids is 1. The first-order valence-corrected chi connectivity index (χ1v) is 4.47. The second kappa shape index (κ2) is 6.45. The van der Waals surface area contributed by atoms with Gasteiger partial charge in [-0.05, 0) is 30.7 Å². The summed E-state index contributed by atoms with van der Waals surface area (Å²) in [4.78, 5) is 10.1. The van der Waals surface area contributed by atoms with Gasteiger partial charge in [0.15, 0.2) is 0 Å². The topological polar surface area (TPSA) is 49.4 Å². The fourth-order valence-corrected chi connectivity index (χ4v) is 1.10. The molecule has 1 aromatic carbocycles. The van der Waals surface area contributed by atoms with Crippen LogP contribution in [-0.4, -0.2) is 12.6 Å². The van der Waals surface area contributed by atoms with Crippen LogP contribution >= 0.6 is 15.9 Å². The molecule has 0 amide bonds. The van der Waals surface area contributed by atoms with Gasteiger partial charge in [-0.15, -0.1) is 0 Å². The summed E-state index contributed by atoms with van der Waals surface area (Å²) in [7, 11) is 0. The number of rotatable bonds is 3. The molecule has 14 heavy (non-hydrogen) atoms. The predicted octanol–water partition coefficient (Wildman–Crippen LogP) is -2.11. The largest absolute Gasteiger partial charge is 1.00 e. The maximum Gasteiger partial charge on any atom is 1.00 e. The van der Waals surface area contributed by atoms with E-state index in [1.54, 1.807) is 18.2 Å². The molecule has 0 saturated carbocycles. The molecule has 0 aliphatic heterocycles. The van der Waals surface area contributed by atoms with Gasteiger partial charge in [0.2, 0.25) is 0 Å². The van der Waals surface area contributed by atoms with E-state index >= 15 is 0 Å². The first-order chi connectivity index (χ1) is 6.09. The summed E-state index contributed by atoms with van der Waals surface area (Å²) in [6.45, 7) is 1.48. The number of hydrogen-bond donors (Lipinski definition) is 0. The van der Waals surface area contributed by atoms with Gasteiger partial charge in [-0.25, -0.2) is 0 Å². The van der Waals surface area contributed by atoms with Gasteiger partial charge in [-0.3, -0.25) is 0 Å². The zero-order valence-corrected chi connectivity index (χ0v) is 11.6. The van der Waals surface area contributed by atoms with Crippen LogP contribution in [0.3, 0.4) is 0 Å². The minimum Gasteiger partial charge on any atom is -0.546 e. The van der Waals surface area contributed by atoms with E-state index in [-0.39, 0.29) is 29.6 Å². The molecular weight excluding hydrogens is 259 g/mol. The quantitative estimate of drug-likeness (QED) is 0.589. The number of halogens is 1. The fraction of sp³-hybridized carbons (Fsp3) is 0.222. The molecule has 3 nitrogen and oxygen atoms in total. The summed E-state index contributed by atoms with van der Waals surface area (Å²) in [5.41, 5.74) is 0.996. The van der Waals surface area contributed by atoms with Crippen molar-refractivity contribution < 1.29 is 44.2 Å². The van der Waals surface area contributed by atoms with Gasteiger partial charge in [0.1, 0.15) is 12.4 Å². The third-order valence-corrected chi connectivity index (χ3v) is 2.38. The SMILES string of the molecule is Cc1cc(OCC(=O)[O-])ccc1Br.[Na+]. The smallest absolute Gasteiger partial charge is 0.546 e. The molecule has 1 aromatic rings. The molecule has 0 aliphatic carbocycles. The summed E-state index contributed by atoms with van der Waals surface area (Å²) in [5, 5.41) is 10.1. The van der Waals surface area contributed by atoms with E-state index in [1.165, 1.54) is 0 Å². The molecule has 0 aromatic heterocycles. The van der Waals surface area contributed by atoms with E-state index < -0.39 is 12.6 Å². The zero-order valence-electron chi connectivity index (χ0n) is 8.04. The molecule has 0 N–H and O–H groups in total. The molecule has 0 saturated heterocycles. The molecular formula is C9H8BrNaO3. The first-order valence-electron chi connectivity index (χ1n) is 3.68. The van der Waals surface area contributed by atoms with Gasteiger partial charge < -0.3 is 14.6 Å². The van der Waals surface area contributed by atoms with Crippen molar-refractivity contribution in [3.8, 4) is 5.75 Å². The Balaban J connectivity index is 0.00000169. The van der Waals surface area contributed by atoms with Crippen LogP contribution in [0.15, 0.2) is 22.7 Å². The predicted molar refractivity (Wildman–Crippen MR) is 49.4 cm³/mol. The third-order valence-electron chi connectivity index (χ3n) is 1.49. The van der Waals surface area contributed by atoms with Gasteiger partial charge in [0.05, 0.1) is 5.97 Å². The van der Waals surface area contributed by atoms with E-state index in [0.717, 1.165) is 10.0 Å². The van der Waals surface area contributed by atoms with Crippen LogP contribution in [0.25, 0.3) is 0 Å². The Kier molecular flexibility index (Phi) is 6.44. The number of carbonyl (C=O) groups is 1. The zero-order chi connectivity index (χ0) is 9.84. The normalized spacial score (nSPS) is 9.00. The second-order valence-corrected chi connectivity index (χ2v) is 3.43. The van der Waals surface area contributed by atoms with Crippen LogP contribution in [0.4, 0.5) is 0 Å². The molecule has 0 fully saturated rings. The Morgan fingerprint density at radius 1 is 1.57 bits per heavy atom. The number of aliphatic carboxylic acids is 1. The molecule has 0 radical (unpaired) electrons. The van der Waals surface area contributed by atoms with Crippen LogP contribution in [0.1, 0.15) is 5.56 Å². The number of benzene rings is 1. The third kappa shape index (κ3) is 4.46. The molecule has 0 atom stereocenters. The molecule has 70 valence electrons. The molecule has 5 heteroatoms. The van der Waals surface area contributed by atoms with E-state index in [4.69, 9.17) is 4.74 Å². The van der Waals surface area contributed by atoms with E-state index in [2.05, 4.69) is 15.9 Å². The fourth-order valence-electron chi connectivity index (χ4n) is 0.849. The minimum atomic E-state index is -1.22. The van der Waals surface area contributed by atoms with Crippen LogP contribution < -0.4 is 39.4 Å². The monoisotopic (exact) mass is 266 g/mol. The van der Waals surface area contributed by atoms with Crippen molar-refractivity contribution in [1.82, 2.24) is 0 Å². The Morgan fingerprint density at radius 2 is 2.21 bits per heavy atom. The first kappa shape index (κ1) is 14.0. The number of hydrogen-bond acceptors (Lipinski definition) is 3. The van der Waals surface area contributed by atoms with Gasteiger partial charge in [0.25, 0.3) is 0 Å². The van der Waals surface area contributed by atoms with Gasteiger partial charge >= 0.3 is 29.6 Å². The van der Waals surface area contributed by atoms with Crippen molar-refractivity contribution in [2.45, 2.75) is 6.92 Å². The Hall–Kier alpha value is -0.0300. The van der Waals surface area contributed by atoms with Gasteiger partial charge in [-0.2, -0.15) is 0 Å². The van der Waals surface area contributed by atoms with Crippen LogP contribution in [0.2, 0.25) is 0 Å². The number of ether oxygens (including phenoxy) is 1. The van der Waals surface area contributed by atoms with Crippen molar-refractivity contribution in [3.05, 3.63) is 28.2 Å². The van der Waals surface area contributed by atoms with Crippen molar-refractivity contribution in [1.29, 1.82) is 0 Å². The number of carboxylic acid groups (broad SMARTS) is 1. The van der Waals surface area contributed by atoms with E-state index in [9.17, 15) is 9.90 Å². The van der Waals surface area contributed by atoms with E-state index in [1.807, 2.05) is 6.92 Å². The standard InChI is InChI=1S/C9H9BrO3.Na/c1-6-4-7(2-3-8(6)10)13-5-9(11)12;/h2-4H,5H2,1H3,(H,11,12);/q;+1/p-1. The van der Waals surface area contributed by atoms with Crippen LogP contribution in [-0.2, 0) is 4.79 Å². The molecule has 0 bridgehead atoms. The summed E-state index contributed by atoms with van der Waals surface area (Å²) in [6, 6.07) is 5.26. The molecule has 0 heterocycles. The Bertz CT molecular complexity index is 328. The van der Waals surface area contributed by atoms with Gasteiger partial charge in [-0.1, -0.05) is 15.9 Å². The minimum absolute atomic E-state index is 0. The Morgan fingerprint density at radius 3 is 2.71 bits per heavy atom. The second-order valence-electron chi connectivity index (χ2n) is 2.57. The van der Waals surface area contributed by atoms with Crippen molar-refractivity contribution in [2.24, 2.45) is 0 Å². The maximum atomic E-state index is 10.1. The molecule has 0 unspecified atom stereocenters. The average Bonchev–Trinajstić information content (AvgIpc) is 2.07. The van der Waals surface area contributed by atoms with Crippen molar-refractivity contribution in [2.75, 3.05) is 6.61 Å². The van der Waals surface area contributed by atoms with Crippen molar-refractivity contribution in [3.63, 3.8) is 0 Å². The van der Waals surface area contributed by atoms with Crippen LogP contribution in [0.5, 0.6) is 5.75 Å². The van der Waals surface area contributed by atoms with Gasteiger partial charge in [0, 0.05) is 4.47 Å². The van der Waals surface area contributed by atoms with Crippen molar-refractivity contribution >= 4 is 21.9 Å².